The third kappa shape index (κ3) is 5.72. The fourth-order valence-corrected chi connectivity index (χ4v) is 5.02. The highest BCUT2D eigenvalue weighted by Crippen LogP contribution is 2.50. The minimum Gasteiger partial charge on any atom is -0.497 e. The highest BCUT2D eigenvalue weighted by atomic mass is 16.5. The van der Waals surface area contributed by atoms with Crippen molar-refractivity contribution in [1.29, 1.82) is 5.26 Å². The molecule has 1 aromatic heterocycles. The first-order valence-corrected chi connectivity index (χ1v) is 11.6. The molecular weight excluding hydrogens is 418 g/mol. The number of aryl methyl sites for hydroxylation is 1. The summed E-state index contributed by atoms with van der Waals surface area (Å²) in [6, 6.07) is 11.9. The van der Waals surface area contributed by atoms with Crippen molar-refractivity contribution in [3.8, 4) is 11.8 Å². The number of ether oxygens (including phenoxy) is 1. The van der Waals surface area contributed by atoms with E-state index in [4.69, 9.17) is 4.74 Å². The van der Waals surface area contributed by atoms with Crippen LogP contribution in [0.4, 0.5) is 10.6 Å². The molecule has 2 aliphatic rings. The van der Waals surface area contributed by atoms with Gasteiger partial charge in [0, 0.05) is 32.2 Å². The SMILES string of the molecule is COc1ccc(CN(CCC2CC2C2CCN(C(=O)O)CC2)c2cc(C#N)nc(C)n2)cc1. The number of aromatic nitrogens is 2. The van der Waals surface area contributed by atoms with E-state index in [-0.39, 0.29) is 0 Å². The minimum atomic E-state index is -0.799. The smallest absolute Gasteiger partial charge is 0.407 e. The average molecular weight is 450 g/mol. The number of piperidine rings is 1. The Hall–Kier alpha value is -3.34. The molecule has 1 N–H and O–H groups in total. The zero-order valence-corrected chi connectivity index (χ0v) is 19.3. The molecule has 2 aromatic rings. The largest absolute Gasteiger partial charge is 0.497 e. The Bertz CT molecular complexity index is 1010. The summed E-state index contributed by atoms with van der Waals surface area (Å²) < 4.78 is 5.28. The van der Waals surface area contributed by atoms with Gasteiger partial charge in [-0.25, -0.2) is 14.8 Å². The van der Waals surface area contributed by atoms with E-state index in [1.165, 1.54) is 11.3 Å². The molecule has 4 rings (SSSR count). The van der Waals surface area contributed by atoms with E-state index in [2.05, 4.69) is 33.1 Å². The topological polar surface area (TPSA) is 103 Å². The number of nitrogens with zero attached hydrogens (tertiary/aromatic N) is 5. The van der Waals surface area contributed by atoms with Crippen molar-refractivity contribution in [2.75, 3.05) is 31.6 Å². The van der Waals surface area contributed by atoms with Crippen LogP contribution in [0.2, 0.25) is 0 Å². The molecule has 0 spiro atoms. The van der Waals surface area contributed by atoms with Crippen molar-refractivity contribution in [3.05, 3.63) is 47.4 Å². The van der Waals surface area contributed by atoms with Gasteiger partial charge in [-0.1, -0.05) is 12.1 Å². The molecule has 174 valence electrons. The summed E-state index contributed by atoms with van der Waals surface area (Å²) in [5.41, 5.74) is 1.53. The molecule has 2 atom stereocenters. The van der Waals surface area contributed by atoms with Gasteiger partial charge in [-0.15, -0.1) is 0 Å². The molecule has 2 heterocycles. The van der Waals surface area contributed by atoms with Gasteiger partial charge in [0.1, 0.15) is 29.2 Å². The number of benzene rings is 1. The number of carboxylic acid groups (broad SMARTS) is 1. The van der Waals surface area contributed by atoms with Crippen LogP contribution in [0, 0.1) is 36.0 Å². The molecule has 8 heteroatoms. The van der Waals surface area contributed by atoms with E-state index in [1.54, 1.807) is 13.2 Å². The molecule has 8 nitrogen and oxygen atoms in total. The number of rotatable bonds is 8. The standard InChI is InChI=1S/C25H31N5O3/c1-17-27-21(15-26)14-24(28-17)30(16-18-3-5-22(33-2)6-4-18)12-9-20-13-23(20)19-7-10-29(11-8-19)25(31)32/h3-6,14,19-20,23H,7-13,16H2,1-2H3,(H,31,32). The fraction of sp³-hybridized carbons (Fsp3) is 0.520. The molecule has 0 bridgehead atoms. The Morgan fingerprint density at radius 3 is 2.64 bits per heavy atom. The molecule has 2 unspecified atom stereocenters. The zero-order valence-electron chi connectivity index (χ0n) is 19.3. The quantitative estimate of drug-likeness (QED) is 0.647. The molecule has 1 aromatic carbocycles. The molecule has 1 aliphatic heterocycles. The molecule has 1 saturated carbocycles. The monoisotopic (exact) mass is 449 g/mol. The Morgan fingerprint density at radius 1 is 1.27 bits per heavy atom. The van der Waals surface area contributed by atoms with Crippen molar-refractivity contribution in [2.24, 2.45) is 17.8 Å². The van der Waals surface area contributed by atoms with Crippen molar-refractivity contribution < 1.29 is 14.6 Å². The van der Waals surface area contributed by atoms with Gasteiger partial charge in [-0.05, 0) is 68.1 Å². The van der Waals surface area contributed by atoms with E-state index in [0.717, 1.165) is 42.9 Å². The van der Waals surface area contributed by atoms with E-state index in [1.807, 2.05) is 19.1 Å². The van der Waals surface area contributed by atoms with Gasteiger partial charge in [0.2, 0.25) is 0 Å². The lowest BCUT2D eigenvalue weighted by atomic mass is 9.90. The van der Waals surface area contributed by atoms with Gasteiger partial charge in [0.25, 0.3) is 0 Å². The van der Waals surface area contributed by atoms with E-state index >= 15 is 0 Å². The molecule has 1 aliphatic carbocycles. The minimum absolute atomic E-state index is 0.381. The van der Waals surface area contributed by atoms with Crippen molar-refractivity contribution in [2.45, 2.75) is 39.2 Å². The number of anilines is 1. The summed E-state index contributed by atoms with van der Waals surface area (Å²) in [7, 11) is 1.66. The summed E-state index contributed by atoms with van der Waals surface area (Å²) in [4.78, 5) is 23.8. The number of carbonyl (C=O) groups is 1. The first kappa shape index (κ1) is 22.8. The summed E-state index contributed by atoms with van der Waals surface area (Å²) in [5.74, 6) is 4.20. The molecule has 0 radical (unpaired) electrons. The van der Waals surface area contributed by atoms with Crippen LogP contribution in [0.25, 0.3) is 0 Å². The summed E-state index contributed by atoms with van der Waals surface area (Å²) >= 11 is 0. The molecule has 1 saturated heterocycles. The normalized spacial score (nSPS) is 20.2. The fourth-order valence-electron chi connectivity index (χ4n) is 5.02. The zero-order chi connectivity index (χ0) is 23.4. The van der Waals surface area contributed by atoms with Gasteiger partial charge in [0.15, 0.2) is 0 Å². The van der Waals surface area contributed by atoms with Crippen LogP contribution in [-0.2, 0) is 6.54 Å². The molecular formula is C25H31N5O3. The van der Waals surface area contributed by atoms with E-state index in [9.17, 15) is 15.2 Å². The Kier molecular flexibility index (Phi) is 6.97. The molecule has 2 fully saturated rings. The highest BCUT2D eigenvalue weighted by molar-refractivity contribution is 5.65. The third-order valence-corrected chi connectivity index (χ3v) is 6.96. The van der Waals surface area contributed by atoms with Gasteiger partial charge >= 0.3 is 6.09 Å². The predicted octanol–water partition coefficient (Wildman–Crippen LogP) is 4.09. The maximum atomic E-state index is 11.2. The maximum absolute atomic E-state index is 11.2. The van der Waals surface area contributed by atoms with Gasteiger partial charge < -0.3 is 19.6 Å². The second-order valence-corrected chi connectivity index (χ2v) is 9.10. The summed E-state index contributed by atoms with van der Waals surface area (Å²) in [5, 5.41) is 18.5. The third-order valence-electron chi connectivity index (χ3n) is 6.96. The van der Waals surface area contributed by atoms with Crippen LogP contribution in [0.5, 0.6) is 5.75 Å². The van der Waals surface area contributed by atoms with Gasteiger partial charge in [-0.2, -0.15) is 5.26 Å². The predicted molar refractivity (Wildman–Crippen MR) is 124 cm³/mol. The highest BCUT2D eigenvalue weighted by Gasteiger charge is 2.43. The van der Waals surface area contributed by atoms with Crippen LogP contribution >= 0.6 is 0 Å². The van der Waals surface area contributed by atoms with Crippen LogP contribution in [0.3, 0.4) is 0 Å². The van der Waals surface area contributed by atoms with Crippen molar-refractivity contribution >= 4 is 11.9 Å². The van der Waals surface area contributed by atoms with Crippen LogP contribution in [0.15, 0.2) is 30.3 Å². The van der Waals surface area contributed by atoms with Gasteiger partial charge in [-0.3, -0.25) is 0 Å². The van der Waals surface area contributed by atoms with Crippen LogP contribution < -0.4 is 9.64 Å². The van der Waals surface area contributed by atoms with Crippen LogP contribution in [-0.4, -0.2) is 52.8 Å². The van der Waals surface area contributed by atoms with Crippen molar-refractivity contribution in [1.82, 2.24) is 14.9 Å². The number of hydrogen-bond acceptors (Lipinski definition) is 6. The Labute approximate surface area is 194 Å². The Morgan fingerprint density at radius 2 is 2.00 bits per heavy atom. The average Bonchev–Trinajstić information content (AvgIpc) is 3.61. The lowest BCUT2D eigenvalue weighted by molar-refractivity contribution is 0.120. The second-order valence-electron chi connectivity index (χ2n) is 9.10. The number of nitriles is 1. The summed E-state index contributed by atoms with van der Waals surface area (Å²) in [6.07, 6.45) is 3.43. The van der Waals surface area contributed by atoms with E-state index in [0.29, 0.717) is 48.9 Å². The van der Waals surface area contributed by atoms with Crippen molar-refractivity contribution in [3.63, 3.8) is 0 Å². The Balaban J connectivity index is 1.41. The first-order chi connectivity index (χ1) is 16.0. The second kappa shape index (κ2) is 10.1. The lowest BCUT2D eigenvalue weighted by Crippen LogP contribution is -2.38. The lowest BCUT2D eigenvalue weighted by Gasteiger charge is -2.30. The number of amides is 1. The van der Waals surface area contributed by atoms with Gasteiger partial charge in [0.05, 0.1) is 7.11 Å². The number of hydrogen-bond donors (Lipinski definition) is 1. The summed E-state index contributed by atoms with van der Waals surface area (Å²) in [6.45, 7) is 4.67. The molecule has 1 amide bonds. The maximum Gasteiger partial charge on any atom is 0.407 e. The first-order valence-electron chi connectivity index (χ1n) is 11.6. The number of methoxy groups -OCH3 is 1. The molecule has 33 heavy (non-hydrogen) atoms. The number of likely N-dealkylation sites (tertiary alicyclic amines) is 1. The van der Waals surface area contributed by atoms with Crippen LogP contribution in [0.1, 0.15) is 42.8 Å². The van der Waals surface area contributed by atoms with E-state index < -0.39 is 6.09 Å².